The average molecular weight is 215 g/mol. The fraction of sp³-hybridized carbons (Fsp3) is 0.909. The number of likely N-dealkylation sites (tertiary alicyclic amines) is 1. The van der Waals surface area contributed by atoms with E-state index in [1.54, 1.807) is 14.0 Å². The van der Waals surface area contributed by atoms with Crippen molar-refractivity contribution in [3.63, 3.8) is 0 Å². The summed E-state index contributed by atoms with van der Waals surface area (Å²) in [6.45, 7) is 8.43. The van der Waals surface area contributed by atoms with Gasteiger partial charge in [-0.05, 0) is 12.3 Å². The maximum atomic E-state index is 10.9. The van der Waals surface area contributed by atoms with E-state index in [9.17, 15) is 4.79 Å². The van der Waals surface area contributed by atoms with Crippen molar-refractivity contribution in [3.05, 3.63) is 0 Å². The molecule has 1 aliphatic heterocycles. The molecule has 0 unspecified atom stereocenters. The molecule has 1 heterocycles. The van der Waals surface area contributed by atoms with Gasteiger partial charge in [0.25, 0.3) is 0 Å². The lowest BCUT2D eigenvalue weighted by Crippen LogP contribution is -2.38. The number of carboxylic acids is 1. The van der Waals surface area contributed by atoms with Crippen LogP contribution in [0.2, 0.25) is 0 Å². The first-order valence-corrected chi connectivity index (χ1v) is 5.34. The van der Waals surface area contributed by atoms with Crippen LogP contribution in [0.5, 0.6) is 0 Å². The van der Waals surface area contributed by atoms with E-state index in [1.165, 1.54) is 0 Å². The molecule has 0 amide bonds. The van der Waals surface area contributed by atoms with Crippen molar-refractivity contribution >= 4 is 5.97 Å². The predicted molar refractivity (Wildman–Crippen MR) is 57.8 cm³/mol. The normalized spacial score (nSPS) is 27.9. The molecular weight excluding hydrogens is 194 g/mol. The predicted octanol–water partition coefficient (Wildman–Crippen LogP) is 1.06. The molecule has 0 radical (unpaired) electrons. The highest BCUT2D eigenvalue weighted by Gasteiger charge is 2.41. The zero-order valence-electron chi connectivity index (χ0n) is 9.99. The molecule has 0 aromatic heterocycles. The number of ether oxygens (including phenoxy) is 1. The molecule has 88 valence electrons. The molecule has 0 saturated carbocycles. The van der Waals surface area contributed by atoms with Crippen LogP contribution in [0.1, 0.15) is 20.8 Å². The number of nitrogens with zero attached hydrogens (tertiary/aromatic N) is 1. The molecule has 1 aliphatic rings. The maximum Gasteiger partial charge on any atom is 0.320 e. The highest BCUT2D eigenvalue weighted by Crippen LogP contribution is 2.36. The molecule has 0 spiro atoms. The van der Waals surface area contributed by atoms with Gasteiger partial charge in [-0.1, -0.05) is 13.8 Å². The molecule has 2 atom stereocenters. The van der Waals surface area contributed by atoms with Crippen LogP contribution in [0, 0.1) is 11.3 Å². The number of methoxy groups -OCH3 is 1. The Hall–Kier alpha value is -0.610. The van der Waals surface area contributed by atoms with Crippen molar-refractivity contribution < 1.29 is 14.6 Å². The van der Waals surface area contributed by atoms with Crippen LogP contribution in [0.15, 0.2) is 0 Å². The minimum atomic E-state index is -0.746. The third-order valence-electron chi connectivity index (χ3n) is 3.44. The van der Waals surface area contributed by atoms with Crippen LogP contribution < -0.4 is 0 Å². The second-order valence-corrected chi connectivity index (χ2v) is 5.08. The lowest BCUT2D eigenvalue weighted by atomic mass is 9.83. The molecule has 4 nitrogen and oxygen atoms in total. The highest BCUT2D eigenvalue weighted by molar-refractivity contribution is 5.72. The zero-order chi connectivity index (χ0) is 11.6. The molecule has 1 rings (SSSR count). The van der Waals surface area contributed by atoms with E-state index in [1.807, 2.05) is 4.90 Å². The number of hydrogen-bond donors (Lipinski definition) is 1. The lowest BCUT2D eigenvalue weighted by Gasteiger charge is -2.25. The monoisotopic (exact) mass is 215 g/mol. The Labute approximate surface area is 91.2 Å². The number of aliphatic carboxylic acids is 1. The third kappa shape index (κ3) is 2.69. The summed E-state index contributed by atoms with van der Waals surface area (Å²) in [6.07, 6.45) is 0. The van der Waals surface area contributed by atoms with E-state index in [0.717, 1.165) is 13.1 Å². The van der Waals surface area contributed by atoms with E-state index in [4.69, 9.17) is 9.84 Å². The Morgan fingerprint density at radius 3 is 2.73 bits per heavy atom. The minimum Gasteiger partial charge on any atom is -0.480 e. The standard InChI is InChI=1S/C11H21NO3/c1-8(10(13)14)12-5-9(6-15-4)11(2,3)7-12/h8-9H,5-7H2,1-4H3,(H,13,14)/t8-,9+/m0/s1. The van der Waals surface area contributed by atoms with Gasteiger partial charge in [0.05, 0.1) is 6.61 Å². The quantitative estimate of drug-likeness (QED) is 0.762. The Kier molecular flexibility index (Phi) is 3.73. The van der Waals surface area contributed by atoms with Crippen molar-refractivity contribution in [2.45, 2.75) is 26.8 Å². The molecule has 0 aromatic carbocycles. The van der Waals surface area contributed by atoms with Crippen molar-refractivity contribution in [2.24, 2.45) is 11.3 Å². The summed E-state index contributed by atoms with van der Waals surface area (Å²) in [6, 6.07) is -0.397. The van der Waals surface area contributed by atoms with E-state index < -0.39 is 12.0 Å². The van der Waals surface area contributed by atoms with Crippen LogP contribution in [0.4, 0.5) is 0 Å². The largest absolute Gasteiger partial charge is 0.480 e. The smallest absolute Gasteiger partial charge is 0.320 e. The molecule has 1 fully saturated rings. The summed E-state index contributed by atoms with van der Waals surface area (Å²) in [5.74, 6) is -0.326. The molecule has 0 aromatic rings. The van der Waals surface area contributed by atoms with E-state index in [2.05, 4.69) is 13.8 Å². The van der Waals surface area contributed by atoms with E-state index >= 15 is 0 Å². The third-order valence-corrected chi connectivity index (χ3v) is 3.44. The molecule has 0 aliphatic carbocycles. The lowest BCUT2D eigenvalue weighted by molar-refractivity contribution is -0.142. The molecular formula is C11H21NO3. The number of carbonyl (C=O) groups is 1. The Bertz CT molecular complexity index is 240. The van der Waals surface area contributed by atoms with Crippen molar-refractivity contribution in [2.75, 3.05) is 26.8 Å². The van der Waals surface area contributed by atoms with Gasteiger partial charge in [-0.2, -0.15) is 0 Å². The number of hydrogen-bond acceptors (Lipinski definition) is 3. The minimum absolute atomic E-state index is 0.139. The van der Waals surface area contributed by atoms with Gasteiger partial charge in [0.2, 0.25) is 0 Å². The van der Waals surface area contributed by atoms with Crippen molar-refractivity contribution in [1.82, 2.24) is 4.90 Å². The van der Waals surface area contributed by atoms with Crippen LogP contribution in [0.25, 0.3) is 0 Å². The van der Waals surface area contributed by atoms with Gasteiger partial charge in [0.15, 0.2) is 0 Å². The van der Waals surface area contributed by atoms with Gasteiger partial charge in [-0.15, -0.1) is 0 Å². The zero-order valence-corrected chi connectivity index (χ0v) is 9.99. The van der Waals surface area contributed by atoms with Gasteiger partial charge >= 0.3 is 5.97 Å². The summed E-state index contributed by atoms with van der Waals surface area (Å²) < 4.78 is 5.18. The van der Waals surface area contributed by atoms with Gasteiger partial charge < -0.3 is 9.84 Å². The summed E-state index contributed by atoms with van der Waals surface area (Å²) in [4.78, 5) is 12.9. The Balaban J connectivity index is 2.65. The van der Waals surface area contributed by atoms with Gasteiger partial charge in [0, 0.05) is 26.1 Å². The fourth-order valence-electron chi connectivity index (χ4n) is 2.18. The average Bonchev–Trinajstić information content (AvgIpc) is 2.41. The first kappa shape index (κ1) is 12.5. The molecule has 15 heavy (non-hydrogen) atoms. The summed E-state index contributed by atoms with van der Waals surface area (Å²) in [5.41, 5.74) is 0.139. The first-order chi connectivity index (χ1) is 6.88. The van der Waals surface area contributed by atoms with Crippen molar-refractivity contribution in [1.29, 1.82) is 0 Å². The molecule has 1 saturated heterocycles. The highest BCUT2D eigenvalue weighted by atomic mass is 16.5. The maximum absolute atomic E-state index is 10.9. The summed E-state index contributed by atoms with van der Waals surface area (Å²) in [5, 5.41) is 8.96. The molecule has 0 bridgehead atoms. The van der Waals surface area contributed by atoms with E-state index in [-0.39, 0.29) is 5.41 Å². The topological polar surface area (TPSA) is 49.8 Å². The molecule has 4 heteroatoms. The number of carboxylic acid groups (broad SMARTS) is 1. The second kappa shape index (κ2) is 4.49. The van der Waals surface area contributed by atoms with Crippen molar-refractivity contribution in [3.8, 4) is 0 Å². The SMILES string of the molecule is COC[C@H]1CN([C@@H](C)C(=O)O)CC1(C)C. The summed E-state index contributed by atoms with van der Waals surface area (Å²) >= 11 is 0. The van der Waals surface area contributed by atoms with Gasteiger partial charge in [-0.25, -0.2) is 0 Å². The van der Waals surface area contributed by atoms with Crippen LogP contribution in [-0.2, 0) is 9.53 Å². The first-order valence-electron chi connectivity index (χ1n) is 5.34. The van der Waals surface area contributed by atoms with Crippen LogP contribution in [-0.4, -0.2) is 48.8 Å². The number of rotatable bonds is 4. The molecule has 1 N–H and O–H groups in total. The Morgan fingerprint density at radius 1 is 1.67 bits per heavy atom. The van der Waals surface area contributed by atoms with E-state index in [0.29, 0.717) is 12.5 Å². The second-order valence-electron chi connectivity index (χ2n) is 5.08. The fourth-order valence-corrected chi connectivity index (χ4v) is 2.18. The van der Waals surface area contributed by atoms with Crippen LogP contribution in [0.3, 0.4) is 0 Å². The van der Waals surface area contributed by atoms with Crippen LogP contribution >= 0.6 is 0 Å². The Morgan fingerprint density at radius 2 is 2.27 bits per heavy atom. The van der Waals surface area contributed by atoms with Gasteiger partial charge in [-0.3, -0.25) is 9.69 Å². The van der Waals surface area contributed by atoms with Gasteiger partial charge in [0.1, 0.15) is 6.04 Å². The summed E-state index contributed by atoms with van der Waals surface area (Å²) in [7, 11) is 1.69.